The first-order chi connectivity index (χ1) is 12.3. The molecule has 0 aliphatic heterocycles. The normalized spacial score (nSPS) is 23.6. The smallest absolute Gasteiger partial charge is 0.405 e. The van der Waals surface area contributed by atoms with Gasteiger partial charge in [0.25, 0.3) is 0 Å². The van der Waals surface area contributed by atoms with Crippen LogP contribution in [0.25, 0.3) is 5.57 Å². The van der Waals surface area contributed by atoms with Crippen molar-refractivity contribution >= 4 is 11.7 Å². The number of aryl methyl sites for hydroxylation is 1. The van der Waals surface area contributed by atoms with Crippen LogP contribution in [-0.2, 0) is 11.2 Å². The maximum atomic E-state index is 11.4. The minimum absolute atomic E-state index is 0.306. The van der Waals surface area contributed by atoms with Crippen LogP contribution in [0.4, 0.5) is 4.79 Å². The van der Waals surface area contributed by atoms with Crippen LogP contribution in [0.15, 0.2) is 53.6 Å². The lowest BCUT2D eigenvalue weighted by Crippen LogP contribution is -2.44. The average molecular weight is 351 g/mol. The molecule has 3 rings (SSSR count). The fraction of sp³-hybridized carbons (Fsp3) is 0.435. The SMILES string of the molecule is CCCCc1ccc(C2=CC3=CC(C)(C)[C@@](C)(OC(N)=O)C3=CC2)cc1. The molecule has 0 spiro atoms. The summed E-state index contributed by atoms with van der Waals surface area (Å²) in [7, 11) is 0. The fourth-order valence-electron chi connectivity index (χ4n) is 3.97. The van der Waals surface area contributed by atoms with Gasteiger partial charge in [-0.05, 0) is 54.0 Å². The van der Waals surface area contributed by atoms with Gasteiger partial charge in [-0.25, -0.2) is 4.79 Å². The Labute approximate surface area is 156 Å². The highest BCUT2D eigenvalue weighted by molar-refractivity contribution is 5.77. The van der Waals surface area contributed by atoms with E-state index in [2.05, 4.69) is 63.3 Å². The van der Waals surface area contributed by atoms with E-state index in [-0.39, 0.29) is 5.41 Å². The van der Waals surface area contributed by atoms with Crippen LogP contribution in [0, 0.1) is 5.41 Å². The quantitative estimate of drug-likeness (QED) is 0.754. The molecule has 3 heteroatoms. The highest BCUT2D eigenvalue weighted by Gasteiger charge is 2.51. The number of hydrogen-bond acceptors (Lipinski definition) is 2. The summed E-state index contributed by atoms with van der Waals surface area (Å²) in [6.45, 7) is 8.34. The van der Waals surface area contributed by atoms with Gasteiger partial charge < -0.3 is 10.5 Å². The third kappa shape index (κ3) is 3.23. The van der Waals surface area contributed by atoms with Crippen molar-refractivity contribution in [3.8, 4) is 0 Å². The van der Waals surface area contributed by atoms with Crippen molar-refractivity contribution < 1.29 is 9.53 Å². The monoisotopic (exact) mass is 351 g/mol. The summed E-state index contributed by atoms with van der Waals surface area (Å²) < 4.78 is 5.57. The molecule has 0 bridgehead atoms. The molecule has 1 aromatic rings. The number of carbonyl (C=O) groups is 1. The van der Waals surface area contributed by atoms with Gasteiger partial charge in [0, 0.05) is 5.41 Å². The number of unbranched alkanes of at least 4 members (excludes halogenated alkanes) is 1. The van der Waals surface area contributed by atoms with E-state index in [1.165, 1.54) is 29.5 Å². The topological polar surface area (TPSA) is 52.3 Å². The van der Waals surface area contributed by atoms with Crippen LogP contribution in [0.5, 0.6) is 0 Å². The van der Waals surface area contributed by atoms with E-state index in [1.807, 2.05) is 6.92 Å². The van der Waals surface area contributed by atoms with Gasteiger partial charge in [-0.1, -0.05) is 69.7 Å². The average Bonchev–Trinajstić information content (AvgIpc) is 2.78. The molecule has 1 amide bonds. The maximum Gasteiger partial charge on any atom is 0.405 e. The van der Waals surface area contributed by atoms with Gasteiger partial charge in [-0.15, -0.1) is 0 Å². The first-order valence-electron chi connectivity index (χ1n) is 9.49. The van der Waals surface area contributed by atoms with Crippen LogP contribution in [0.1, 0.15) is 58.1 Å². The van der Waals surface area contributed by atoms with Crippen molar-refractivity contribution in [2.45, 2.75) is 59.0 Å². The van der Waals surface area contributed by atoms with Crippen molar-refractivity contribution in [1.29, 1.82) is 0 Å². The zero-order valence-corrected chi connectivity index (χ0v) is 16.3. The number of hydrogen-bond donors (Lipinski definition) is 1. The van der Waals surface area contributed by atoms with Crippen molar-refractivity contribution in [2.75, 3.05) is 0 Å². The molecule has 0 radical (unpaired) electrons. The van der Waals surface area contributed by atoms with Gasteiger partial charge in [-0.3, -0.25) is 0 Å². The van der Waals surface area contributed by atoms with Crippen LogP contribution < -0.4 is 5.73 Å². The van der Waals surface area contributed by atoms with Crippen LogP contribution in [0.3, 0.4) is 0 Å². The van der Waals surface area contributed by atoms with Gasteiger partial charge in [0.2, 0.25) is 0 Å². The van der Waals surface area contributed by atoms with E-state index in [9.17, 15) is 4.79 Å². The Balaban J connectivity index is 1.86. The number of allylic oxidation sites excluding steroid dienone is 3. The third-order valence-electron chi connectivity index (χ3n) is 5.88. The highest BCUT2D eigenvalue weighted by atomic mass is 16.6. The molecule has 0 aromatic heterocycles. The van der Waals surface area contributed by atoms with Crippen molar-refractivity contribution in [2.24, 2.45) is 11.1 Å². The molecule has 2 aliphatic rings. The minimum atomic E-state index is -0.728. The second kappa shape index (κ2) is 6.79. The molecular formula is C23H29NO2. The molecule has 1 aromatic carbocycles. The summed E-state index contributed by atoms with van der Waals surface area (Å²) in [5.41, 5.74) is 10.4. The largest absolute Gasteiger partial charge is 0.438 e. The molecule has 3 nitrogen and oxygen atoms in total. The molecule has 0 unspecified atom stereocenters. The highest BCUT2D eigenvalue weighted by Crippen LogP contribution is 2.52. The number of primary amides is 1. The Morgan fingerprint density at radius 2 is 1.88 bits per heavy atom. The lowest BCUT2D eigenvalue weighted by molar-refractivity contribution is 0.00172. The Morgan fingerprint density at radius 3 is 2.50 bits per heavy atom. The molecule has 0 saturated heterocycles. The van der Waals surface area contributed by atoms with Gasteiger partial charge >= 0.3 is 6.09 Å². The van der Waals surface area contributed by atoms with E-state index in [1.54, 1.807) is 0 Å². The molecule has 0 fully saturated rings. The van der Waals surface area contributed by atoms with Gasteiger partial charge in [0.15, 0.2) is 0 Å². The van der Waals surface area contributed by atoms with Gasteiger partial charge in [-0.2, -0.15) is 0 Å². The summed E-state index contributed by atoms with van der Waals surface area (Å²) >= 11 is 0. The fourth-order valence-corrected chi connectivity index (χ4v) is 3.97. The lowest BCUT2D eigenvalue weighted by Gasteiger charge is -2.38. The van der Waals surface area contributed by atoms with Crippen LogP contribution in [0.2, 0.25) is 0 Å². The third-order valence-corrected chi connectivity index (χ3v) is 5.88. The molecule has 138 valence electrons. The summed E-state index contributed by atoms with van der Waals surface area (Å²) in [4.78, 5) is 11.4. The summed E-state index contributed by atoms with van der Waals surface area (Å²) in [6, 6.07) is 8.90. The van der Waals surface area contributed by atoms with Crippen molar-refractivity contribution in [3.05, 3.63) is 64.8 Å². The lowest BCUT2D eigenvalue weighted by atomic mass is 9.75. The molecule has 1 atom stereocenters. The zero-order valence-electron chi connectivity index (χ0n) is 16.3. The molecule has 0 saturated carbocycles. The van der Waals surface area contributed by atoms with Crippen LogP contribution >= 0.6 is 0 Å². The Morgan fingerprint density at radius 1 is 1.19 bits per heavy atom. The summed E-state index contributed by atoms with van der Waals surface area (Å²) in [6.07, 6.45) is 10.3. The first kappa shape index (κ1) is 18.5. The predicted molar refractivity (Wildman–Crippen MR) is 107 cm³/mol. The van der Waals surface area contributed by atoms with E-state index in [0.717, 1.165) is 24.0 Å². The molecule has 2 aliphatic carbocycles. The zero-order chi connectivity index (χ0) is 18.9. The number of benzene rings is 1. The maximum absolute atomic E-state index is 11.4. The summed E-state index contributed by atoms with van der Waals surface area (Å²) in [5.74, 6) is 0. The first-order valence-corrected chi connectivity index (χ1v) is 9.49. The Bertz CT molecular complexity index is 796. The van der Waals surface area contributed by atoms with Crippen LogP contribution in [-0.4, -0.2) is 11.7 Å². The number of ether oxygens (including phenoxy) is 1. The second-order valence-corrected chi connectivity index (χ2v) is 8.07. The number of carbonyl (C=O) groups excluding carboxylic acids is 1. The van der Waals surface area contributed by atoms with E-state index >= 15 is 0 Å². The molecule has 26 heavy (non-hydrogen) atoms. The molecular weight excluding hydrogens is 322 g/mol. The Hall–Kier alpha value is -2.29. The molecule has 2 N–H and O–H groups in total. The van der Waals surface area contributed by atoms with Gasteiger partial charge in [0.1, 0.15) is 5.60 Å². The predicted octanol–water partition coefficient (Wildman–Crippen LogP) is 5.56. The number of fused-ring (bicyclic) bond motifs is 1. The molecule has 0 heterocycles. The number of rotatable bonds is 5. The van der Waals surface area contributed by atoms with E-state index < -0.39 is 11.7 Å². The van der Waals surface area contributed by atoms with Crippen molar-refractivity contribution in [3.63, 3.8) is 0 Å². The standard InChI is InChI=1S/C23H29NO2/c1-5-6-7-16-8-10-17(11-9-16)18-12-13-20-19(14-18)15-22(2,3)23(20,4)26-21(24)25/h8-11,13-15H,5-7,12H2,1-4H3,(H2,24,25)/t23-/m0/s1. The minimum Gasteiger partial charge on any atom is -0.438 e. The number of nitrogens with two attached hydrogens (primary N) is 1. The second-order valence-electron chi connectivity index (χ2n) is 8.07. The number of amides is 1. The van der Waals surface area contributed by atoms with E-state index in [4.69, 9.17) is 10.5 Å². The van der Waals surface area contributed by atoms with Crippen molar-refractivity contribution in [1.82, 2.24) is 0 Å². The van der Waals surface area contributed by atoms with E-state index in [0.29, 0.717) is 0 Å². The summed E-state index contributed by atoms with van der Waals surface area (Å²) in [5, 5.41) is 0. The Kier molecular flexibility index (Phi) is 4.83. The van der Waals surface area contributed by atoms with Gasteiger partial charge in [0.05, 0.1) is 0 Å².